The average Bonchev–Trinajstić information content (AvgIpc) is 2.87. The lowest BCUT2D eigenvalue weighted by Gasteiger charge is -2.22. The van der Waals surface area contributed by atoms with Gasteiger partial charge in [0.05, 0.1) is 66.1 Å². The topological polar surface area (TPSA) is 80.6 Å². The Morgan fingerprint density at radius 1 is 0.400 bits per heavy atom. The van der Waals surface area contributed by atoms with Crippen LogP contribution in [0.5, 0.6) is 0 Å². The largest absolute Gasteiger partial charge is 0.394 e. The summed E-state index contributed by atoms with van der Waals surface area (Å²) in [7, 11) is 0. The summed E-state index contributed by atoms with van der Waals surface area (Å²) in [5.41, 5.74) is 0. The van der Waals surface area contributed by atoms with E-state index >= 15 is 0 Å². The molecule has 0 heterocycles. The van der Waals surface area contributed by atoms with Gasteiger partial charge in [-0.15, -0.1) is 0 Å². The lowest BCUT2D eigenvalue weighted by atomic mass is 10.0. The molecule has 212 valence electrons. The van der Waals surface area contributed by atoms with Gasteiger partial charge in [-0.1, -0.05) is 90.4 Å². The average molecular weight is 506 g/mol. The second-order valence-electron chi connectivity index (χ2n) is 9.33. The maximum absolute atomic E-state index is 8.73. The van der Waals surface area contributed by atoms with Crippen molar-refractivity contribution < 1.29 is 29.2 Å². The Hall–Kier alpha value is -0.280. The fourth-order valence-electron chi connectivity index (χ4n) is 4.03. The Kier molecular flexibility index (Phi) is 31.5. The molecule has 0 aromatic rings. The highest BCUT2D eigenvalue weighted by Crippen LogP contribution is 2.13. The van der Waals surface area contributed by atoms with Crippen molar-refractivity contribution in [3.8, 4) is 0 Å². The molecule has 7 nitrogen and oxygen atoms in total. The lowest BCUT2D eigenvalue weighted by Crippen LogP contribution is -2.32. The van der Waals surface area contributed by atoms with Gasteiger partial charge < -0.3 is 29.2 Å². The molecule has 0 saturated heterocycles. The highest BCUT2D eigenvalue weighted by atomic mass is 16.5. The van der Waals surface area contributed by atoms with Crippen LogP contribution < -0.4 is 0 Å². The standard InChI is InChI=1S/C28H59NO6/c1-2-3-4-5-6-7-8-9-10-11-12-13-14-15-16-29(17-21-32-25-27-34-23-19-30)18-22-33-26-28-35-24-20-31/h30-31H,2-28H2,1H3. The molecule has 7 heteroatoms. The van der Waals surface area contributed by atoms with Gasteiger partial charge in [-0.25, -0.2) is 0 Å². The molecule has 0 fully saturated rings. The van der Waals surface area contributed by atoms with Crippen molar-refractivity contribution in [1.29, 1.82) is 0 Å². The molecule has 0 aromatic carbocycles. The normalized spacial score (nSPS) is 11.7. The van der Waals surface area contributed by atoms with E-state index in [2.05, 4.69) is 11.8 Å². The van der Waals surface area contributed by atoms with E-state index < -0.39 is 0 Å². The molecular formula is C28H59NO6. The third kappa shape index (κ3) is 29.8. The Labute approximate surface area is 216 Å². The van der Waals surface area contributed by atoms with Crippen molar-refractivity contribution in [3.63, 3.8) is 0 Å². The van der Waals surface area contributed by atoms with Crippen molar-refractivity contribution in [2.45, 2.75) is 96.8 Å². The molecule has 0 atom stereocenters. The summed E-state index contributed by atoms with van der Waals surface area (Å²) in [6.07, 6.45) is 19.3. The third-order valence-corrected chi connectivity index (χ3v) is 6.15. The molecule has 0 rings (SSSR count). The molecule has 0 aromatic heterocycles. The molecule has 0 aliphatic carbocycles. The van der Waals surface area contributed by atoms with E-state index in [1.165, 1.54) is 89.9 Å². The number of aliphatic hydroxyl groups excluding tert-OH is 2. The van der Waals surface area contributed by atoms with E-state index in [9.17, 15) is 0 Å². The quantitative estimate of drug-likeness (QED) is 0.131. The second-order valence-corrected chi connectivity index (χ2v) is 9.33. The van der Waals surface area contributed by atoms with Gasteiger partial charge in [-0.05, 0) is 13.0 Å². The number of unbranched alkanes of at least 4 members (excludes halogenated alkanes) is 13. The Morgan fingerprint density at radius 3 is 1.11 bits per heavy atom. The zero-order valence-electron chi connectivity index (χ0n) is 23.1. The van der Waals surface area contributed by atoms with Crippen LogP contribution in [0.3, 0.4) is 0 Å². The smallest absolute Gasteiger partial charge is 0.0701 e. The number of hydrogen-bond donors (Lipinski definition) is 2. The van der Waals surface area contributed by atoms with Crippen LogP contribution in [0.1, 0.15) is 96.8 Å². The van der Waals surface area contributed by atoms with Crippen LogP contribution in [0, 0.1) is 0 Å². The van der Waals surface area contributed by atoms with E-state index in [1.807, 2.05) is 0 Å². The maximum atomic E-state index is 8.73. The third-order valence-electron chi connectivity index (χ3n) is 6.15. The monoisotopic (exact) mass is 505 g/mol. The van der Waals surface area contributed by atoms with E-state index in [1.54, 1.807) is 0 Å². The minimum Gasteiger partial charge on any atom is -0.394 e. The van der Waals surface area contributed by atoms with Gasteiger partial charge in [0.15, 0.2) is 0 Å². The number of nitrogens with zero attached hydrogens (tertiary/aromatic N) is 1. The summed E-state index contributed by atoms with van der Waals surface area (Å²) in [6.45, 7) is 9.52. The summed E-state index contributed by atoms with van der Waals surface area (Å²) >= 11 is 0. The van der Waals surface area contributed by atoms with Crippen molar-refractivity contribution in [2.75, 3.05) is 85.7 Å². The van der Waals surface area contributed by atoms with Gasteiger partial charge in [-0.2, -0.15) is 0 Å². The zero-order valence-corrected chi connectivity index (χ0v) is 23.1. The minimum absolute atomic E-state index is 0.0536. The van der Waals surface area contributed by atoms with Crippen molar-refractivity contribution in [2.24, 2.45) is 0 Å². The van der Waals surface area contributed by atoms with Gasteiger partial charge in [0.2, 0.25) is 0 Å². The molecule has 0 aliphatic rings. The first kappa shape index (κ1) is 34.7. The number of rotatable bonds is 31. The summed E-state index contributed by atoms with van der Waals surface area (Å²) < 4.78 is 21.8. The van der Waals surface area contributed by atoms with Gasteiger partial charge in [-0.3, -0.25) is 4.90 Å². The summed E-state index contributed by atoms with van der Waals surface area (Å²) in [5.74, 6) is 0. The Bertz CT molecular complexity index is 357. The molecule has 2 N–H and O–H groups in total. The maximum Gasteiger partial charge on any atom is 0.0701 e. The zero-order chi connectivity index (χ0) is 25.5. The van der Waals surface area contributed by atoms with E-state index in [0.29, 0.717) is 52.9 Å². The van der Waals surface area contributed by atoms with Gasteiger partial charge >= 0.3 is 0 Å². The van der Waals surface area contributed by atoms with Crippen LogP contribution in [-0.4, -0.2) is 101 Å². The molecule has 0 amide bonds. The molecule has 0 aliphatic heterocycles. The minimum atomic E-state index is 0.0536. The summed E-state index contributed by atoms with van der Waals surface area (Å²) in [4.78, 5) is 2.42. The van der Waals surface area contributed by atoms with Crippen LogP contribution >= 0.6 is 0 Å². The summed E-state index contributed by atoms with van der Waals surface area (Å²) in [5, 5.41) is 17.5. The number of aliphatic hydroxyl groups is 2. The molecule has 0 radical (unpaired) electrons. The molecular weight excluding hydrogens is 446 g/mol. The van der Waals surface area contributed by atoms with Crippen LogP contribution in [0.2, 0.25) is 0 Å². The molecule has 0 unspecified atom stereocenters. The first-order valence-corrected chi connectivity index (χ1v) is 14.6. The predicted octanol–water partition coefficient (Wildman–Crippen LogP) is 4.82. The van der Waals surface area contributed by atoms with Gasteiger partial charge in [0.25, 0.3) is 0 Å². The van der Waals surface area contributed by atoms with Crippen molar-refractivity contribution in [1.82, 2.24) is 4.90 Å². The van der Waals surface area contributed by atoms with Gasteiger partial charge in [0.1, 0.15) is 0 Å². The highest BCUT2D eigenvalue weighted by molar-refractivity contribution is 4.59. The van der Waals surface area contributed by atoms with E-state index in [-0.39, 0.29) is 13.2 Å². The molecule has 35 heavy (non-hydrogen) atoms. The molecule has 0 spiro atoms. The van der Waals surface area contributed by atoms with E-state index in [4.69, 9.17) is 29.2 Å². The van der Waals surface area contributed by atoms with Crippen LogP contribution in [0.4, 0.5) is 0 Å². The number of hydrogen-bond acceptors (Lipinski definition) is 7. The Balaban J connectivity index is 3.73. The van der Waals surface area contributed by atoms with Crippen molar-refractivity contribution in [3.05, 3.63) is 0 Å². The predicted molar refractivity (Wildman–Crippen MR) is 144 cm³/mol. The summed E-state index contributed by atoms with van der Waals surface area (Å²) in [6, 6.07) is 0. The first-order valence-electron chi connectivity index (χ1n) is 14.6. The molecule has 0 bridgehead atoms. The van der Waals surface area contributed by atoms with Gasteiger partial charge in [0, 0.05) is 13.1 Å². The van der Waals surface area contributed by atoms with E-state index in [0.717, 1.165) is 19.6 Å². The van der Waals surface area contributed by atoms with Crippen LogP contribution in [0.15, 0.2) is 0 Å². The lowest BCUT2D eigenvalue weighted by molar-refractivity contribution is 0.0145. The van der Waals surface area contributed by atoms with Crippen LogP contribution in [0.25, 0.3) is 0 Å². The Morgan fingerprint density at radius 2 is 0.743 bits per heavy atom. The van der Waals surface area contributed by atoms with Crippen molar-refractivity contribution >= 4 is 0 Å². The second kappa shape index (κ2) is 31.7. The fourth-order valence-corrected chi connectivity index (χ4v) is 4.03. The van der Waals surface area contributed by atoms with Crippen LogP contribution in [-0.2, 0) is 18.9 Å². The highest BCUT2D eigenvalue weighted by Gasteiger charge is 2.05. The molecule has 0 saturated carbocycles. The number of ether oxygens (including phenoxy) is 4. The SMILES string of the molecule is CCCCCCCCCCCCCCCCN(CCOCCOCCO)CCOCCOCCO. The fraction of sp³-hybridized carbons (Fsp3) is 1.00. The first-order chi connectivity index (χ1) is 17.3.